The second-order valence-electron chi connectivity index (χ2n) is 6.99. The van der Waals surface area contributed by atoms with E-state index in [4.69, 9.17) is 0 Å². The number of piperazine rings is 1. The fourth-order valence-corrected chi connectivity index (χ4v) is 5.02. The summed E-state index contributed by atoms with van der Waals surface area (Å²) in [6.45, 7) is 3.57. The molecule has 1 aliphatic rings. The highest BCUT2D eigenvalue weighted by Crippen LogP contribution is 2.22. The zero-order valence-electron chi connectivity index (χ0n) is 15.6. The van der Waals surface area contributed by atoms with Crippen molar-refractivity contribution in [3.8, 4) is 0 Å². The van der Waals surface area contributed by atoms with Gasteiger partial charge in [0.2, 0.25) is 10.0 Å². The van der Waals surface area contributed by atoms with Crippen molar-refractivity contribution in [2.45, 2.75) is 11.4 Å². The molecule has 1 aromatic heterocycles. The van der Waals surface area contributed by atoms with Crippen LogP contribution in [-0.4, -0.2) is 54.9 Å². The minimum absolute atomic E-state index is 0.0139. The molecule has 3 aromatic rings. The van der Waals surface area contributed by atoms with Crippen molar-refractivity contribution >= 4 is 20.8 Å². The number of hydrogen-bond acceptors (Lipinski definition) is 4. The third-order valence-corrected chi connectivity index (χ3v) is 7.14. The topological polar surface area (TPSA) is 62.6 Å². The maximum atomic E-state index is 13.0. The number of hydrogen-bond donors (Lipinski definition) is 0. The van der Waals surface area contributed by atoms with Crippen molar-refractivity contribution in [3.63, 3.8) is 0 Å². The summed E-state index contributed by atoms with van der Waals surface area (Å²) in [7, 11) is -3.50. The third-order valence-electron chi connectivity index (χ3n) is 5.25. The van der Waals surface area contributed by atoms with E-state index in [1.165, 1.54) is 0 Å². The Kier molecular flexibility index (Phi) is 5.30. The van der Waals surface area contributed by atoms with Crippen LogP contribution < -0.4 is 5.56 Å². The van der Waals surface area contributed by atoms with Crippen LogP contribution in [0.2, 0.25) is 0 Å². The van der Waals surface area contributed by atoms with Crippen molar-refractivity contribution in [1.82, 2.24) is 13.8 Å². The molecule has 0 radical (unpaired) electrons. The second kappa shape index (κ2) is 7.87. The van der Waals surface area contributed by atoms with Crippen molar-refractivity contribution in [2.75, 3.05) is 32.7 Å². The van der Waals surface area contributed by atoms with Gasteiger partial charge in [0.15, 0.2) is 0 Å². The van der Waals surface area contributed by atoms with Gasteiger partial charge in [0.05, 0.1) is 4.90 Å². The van der Waals surface area contributed by atoms with E-state index in [1.807, 2.05) is 36.4 Å². The molecule has 0 N–H and O–H groups in total. The quantitative estimate of drug-likeness (QED) is 0.661. The van der Waals surface area contributed by atoms with Gasteiger partial charge >= 0.3 is 0 Å². The molecule has 6 nitrogen and oxygen atoms in total. The van der Waals surface area contributed by atoms with Crippen LogP contribution in [0.25, 0.3) is 10.8 Å². The SMILES string of the molecule is O=c1ccccn1CCN1CCN(S(=O)(=O)c2ccc3ccccc3c2)CC1. The number of aromatic nitrogens is 1. The summed E-state index contributed by atoms with van der Waals surface area (Å²) in [6, 6.07) is 18.2. The average Bonchev–Trinajstić information content (AvgIpc) is 2.73. The van der Waals surface area contributed by atoms with Crippen LogP contribution in [0, 0.1) is 0 Å². The van der Waals surface area contributed by atoms with Crippen LogP contribution in [0.4, 0.5) is 0 Å². The van der Waals surface area contributed by atoms with E-state index in [0.717, 1.165) is 17.3 Å². The molecule has 0 saturated carbocycles. The number of rotatable bonds is 5. The molecule has 146 valence electrons. The Balaban J connectivity index is 1.40. The number of benzene rings is 2. The summed E-state index contributed by atoms with van der Waals surface area (Å²) in [5, 5.41) is 1.96. The Bertz CT molecular complexity index is 1130. The first-order valence-electron chi connectivity index (χ1n) is 9.41. The van der Waals surface area contributed by atoms with Gasteiger partial charge in [-0.1, -0.05) is 36.4 Å². The predicted molar refractivity (Wildman–Crippen MR) is 110 cm³/mol. The lowest BCUT2D eigenvalue weighted by atomic mass is 10.1. The van der Waals surface area contributed by atoms with E-state index in [2.05, 4.69) is 4.90 Å². The van der Waals surface area contributed by atoms with Crippen LogP contribution in [-0.2, 0) is 16.6 Å². The standard InChI is InChI=1S/C21H23N3O3S/c25-21-7-3-4-10-23(21)14-11-22-12-15-24(16-13-22)28(26,27)20-9-8-18-5-1-2-6-19(18)17-20/h1-10,17H,11-16H2. The largest absolute Gasteiger partial charge is 0.314 e. The summed E-state index contributed by atoms with van der Waals surface area (Å²) in [4.78, 5) is 14.3. The molecule has 0 unspecified atom stereocenters. The average molecular weight is 398 g/mol. The molecule has 28 heavy (non-hydrogen) atoms. The van der Waals surface area contributed by atoms with Crippen molar-refractivity contribution in [2.24, 2.45) is 0 Å². The molecule has 0 spiro atoms. The molecule has 1 saturated heterocycles. The molecular formula is C21H23N3O3S. The Morgan fingerprint density at radius 3 is 2.25 bits per heavy atom. The van der Waals surface area contributed by atoms with E-state index in [1.54, 1.807) is 39.3 Å². The first-order valence-corrected chi connectivity index (χ1v) is 10.8. The molecule has 0 amide bonds. The van der Waals surface area contributed by atoms with Crippen molar-refractivity contribution in [1.29, 1.82) is 0 Å². The fourth-order valence-electron chi connectivity index (χ4n) is 3.56. The summed E-state index contributed by atoms with van der Waals surface area (Å²) in [6.07, 6.45) is 1.78. The lowest BCUT2D eigenvalue weighted by Crippen LogP contribution is -2.49. The molecule has 7 heteroatoms. The summed E-state index contributed by atoms with van der Waals surface area (Å²) < 4.78 is 29.3. The Hall–Kier alpha value is -2.48. The van der Waals surface area contributed by atoms with Crippen LogP contribution in [0.3, 0.4) is 0 Å². The molecule has 4 rings (SSSR count). The molecule has 0 atom stereocenters. The number of sulfonamides is 1. The smallest absolute Gasteiger partial charge is 0.250 e. The van der Waals surface area contributed by atoms with E-state index in [-0.39, 0.29) is 5.56 Å². The van der Waals surface area contributed by atoms with Gasteiger partial charge < -0.3 is 4.57 Å². The minimum atomic E-state index is -3.50. The third kappa shape index (κ3) is 3.87. The fraction of sp³-hybridized carbons (Fsp3) is 0.286. The van der Waals surface area contributed by atoms with E-state index in [0.29, 0.717) is 37.6 Å². The van der Waals surface area contributed by atoms with Gasteiger partial charge in [-0.05, 0) is 29.0 Å². The number of nitrogens with zero attached hydrogens (tertiary/aromatic N) is 3. The zero-order chi connectivity index (χ0) is 19.6. The van der Waals surface area contributed by atoms with E-state index in [9.17, 15) is 13.2 Å². The molecule has 0 aliphatic carbocycles. The van der Waals surface area contributed by atoms with Crippen LogP contribution in [0.15, 0.2) is 76.6 Å². The molecule has 2 aromatic carbocycles. The molecule has 2 heterocycles. The number of pyridine rings is 1. The van der Waals surface area contributed by atoms with Crippen LogP contribution >= 0.6 is 0 Å². The summed E-state index contributed by atoms with van der Waals surface area (Å²) in [5.74, 6) is 0. The van der Waals surface area contributed by atoms with E-state index >= 15 is 0 Å². The van der Waals surface area contributed by atoms with Gasteiger partial charge in [-0.25, -0.2) is 8.42 Å². The Morgan fingerprint density at radius 1 is 0.786 bits per heavy atom. The van der Waals surface area contributed by atoms with Gasteiger partial charge in [0.25, 0.3) is 5.56 Å². The second-order valence-corrected chi connectivity index (χ2v) is 8.92. The maximum Gasteiger partial charge on any atom is 0.250 e. The maximum absolute atomic E-state index is 13.0. The van der Waals surface area contributed by atoms with Gasteiger partial charge in [-0.3, -0.25) is 9.69 Å². The molecule has 0 bridgehead atoms. The van der Waals surface area contributed by atoms with Crippen LogP contribution in [0.5, 0.6) is 0 Å². The van der Waals surface area contributed by atoms with Gasteiger partial charge in [0, 0.05) is 51.5 Å². The molecular weight excluding hydrogens is 374 g/mol. The van der Waals surface area contributed by atoms with Crippen molar-refractivity contribution in [3.05, 3.63) is 77.2 Å². The van der Waals surface area contributed by atoms with Gasteiger partial charge in [-0.2, -0.15) is 4.31 Å². The Morgan fingerprint density at radius 2 is 1.50 bits per heavy atom. The lowest BCUT2D eigenvalue weighted by molar-refractivity contribution is 0.182. The highest BCUT2D eigenvalue weighted by Gasteiger charge is 2.28. The lowest BCUT2D eigenvalue weighted by Gasteiger charge is -2.34. The van der Waals surface area contributed by atoms with Gasteiger partial charge in [0.1, 0.15) is 0 Å². The van der Waals surface area contributed by atoms with Crippen LogP contribution in [0.1, 0.15) is 0 Å². The predicted octanol–water partition coefficient (Wildman–Crippen LogP) is 2.01. The summed E-state index contributed by atoms with van der Waals surface area (Å²) >= 11 is 0. The molecule has 1 fully saturated rings. The van der Waals surface area contributed by atoms with Gasteiger partial charge in [-0.15, -0.1) is 0 Å². The van der Waals surface area contributed by atoms with E-state index < -0.39 is 10.0 Å². The monoisotopic (exact) mass is 397 g/mol. The highest BCUT2D eigenvalue weighted by atomic mass is 32.2. The first kappa shape index (κ1) is 18.9. The Labute approximate surface area is 164 Å². The number of fused-ring (bicyclic) bond motifs is 1. The molecule has 1 aliphatic heterocycles. The highest BCUT2D eigenvalue weighted by molar-refractivity contribution is 7.89. The minimum Gasteiger partial charge on any atom is -0.314 e. The first-order chi connectivity index (χ1) is 13.5. The zero-order valence-corrected chi connectivity index (χ0v) is 16.4. The summed E-state index contributed by atoms with van der Waals surface area (Å²) in [5.41, 5.74) is -0.0139. The normalized spacial score (nSPS) is 16.4. The van der Waals surface area contributed by atoms with Crippen molar-refractivity contribution < 1.29 is 8.42 Å².